The highest BCUT2D eigenvalue weighted by atomic mass is 32.2. The Kier molecular flexibility index (Phi) is 7.99. The summed E-state index contributed by atoms with van der Waals surface area (Å²) in [6, 6.07) is 5.99. The molecule has 150 valence electrons. The number of amides is 1. The van der Waals surface area contributed by atoms with Gasteiger partial charge in [-0.15, -0.1) is 0 Å². The summed E-state index contributed by atoms with van der Waals surface area (Å²) in [5, 5.41) is 4.70. The van der Waals surface area contributed by atoms with Crippen molar-refractivity contribution < 1.29 is 9.53 Å². The van der Waals surface area contributed by atoms with Crippen LogP contribution >= 0.6 is 11.8 Å². The summed E-state index contributed by atoms with van der Waals surface area (Å²) < 4.78 is 5.74. The minimum absolute atomic E-state index is 0.198. The van der Waals surface area contributed by atoms with Crippen molar-refractivity contribution in [1.82, 2.24) is 15.4 Å². The van der Waals surface area contributed by atoms with Crippen LogP contribution in [0.25, 0.3) is 0 Å². The summed E-state index contributed by atoms with van der Waals surface area (Å²) in [5.74, 6) is 1.25. The molecule has 2 rings (SSSR count). The predicted molar refractivity (Wildman–Crippen MR) is 114 cm³/mol. The first-order chi connectivity index (χ1) is 13.3. The van der Waals surface area contributed by atoms with E-state index >= 15 is 0 Å². The molecular formula is C21H28N4O2S. The standard InChI is InChI=1S/C21H28N4O2S/c1-7-27-19-8-14(4)17(10-18(19)13(2)3)11-22-25-20(26)12-28-21-23-15(5)9-16(6)24-21/h8-11,13H,7,12H2,1-6H3,(H,25,26)/b22-11-. The topological polar surface area (TPSA) is 76.5 Å². The molecule has 0 aliphatic carbocycles. The van der Waals surface area contributed by atoms with Gasteiger partial charge in [0, 0.05) is 11.4 Å². The summed E-state index contributed by atoms with van der Waals surface area (Å²) in [7, 11) is 0. The highest BCUT2D eigenvalue weighted by molar-refractivity contribution is 7.99. The van der Waals surface area contributed by atoms with Gasteiger partial charge in [0.1, 0.15) is 5.75 Å². The maximum Gasteiger partial charge on any atom is 0.250 e. The highest BCUT2D eigenvalue weighted by Crippen LogP contribution is 2.29. The minimum atomic E-state index is -0.198. The van der Waals surface area contributed by atoms with Crippen LogP contribution in [0.2, 0.25) is 0 Å². The number of aryl methyl sites for hydroxylation is 3. The first-order valence-electron chi connectivity index (χ1n) is 9.34. The van der Waals surface area contributed by atoms with Gasteiger partial charge in [-0.25, -0.2) is 15.4 Å². The average molecular weight is 401 g/mol. The molecular weight excluding hydrogens is 372 g/mol. The molecule has 28 heavy (non-hydrogen) atoms. The Morgan fingerprint density at radius 2 is 1.89 bits per heavy atom. The van der Waals surface area contributed by atoms with Crippen LogP contribution in [0.3, 0.4) is 0 Å². The van der Waals surface area contributed by atoms with Crippen LogP contribution in [0.1, 0.15) is 54.8 Å². The molecule has 0 atom stereocenters. The van der Waals surface area contributed by atoms with Crippen LogP contribution in [-0.2, 0) is 4.79 Å². The molecule has 1 aromatic heterocycles. The van der Waals surface area contributed by atoms with E-state index < -0.39 is 0 Å². The van der Waals surface area contributed by atoms with Gasteiger partial charge in [0.2, 0.25) is 0 Å². The van der Waals surface area contributed by atoms with Gasteiger partial charge in [0.15, 0.2) is 5.16 Å². The fraction of sp³-hybridized carbons (Fsp3) is 0.429. The Hall–Kier alpha value is -2.41. The van der Waals surface area contributed by atoms with E-state index in [2.05, 4.69) is 40.4 Å². The second-order valence-corrected chi connectivity index (χ2v) is 7.79. The molecule has 0 spiro atoms. The molecule has 0 aliphatic rings. The lowest BCUT2D eigenvalue weighted by Crippen LogP contribution is -2.20. The van der Waals surface area contributed by atoms with Gasteiger partial charge in [0.25, 0.3) is 5.91 Å². The monoisotopic (exact) mass is 400 g/mol. The van der Waals surface area contributed by atoms with Crippen LogP contribution < -0.4 is 10.2 Å². The largest absolute Gasteiger partial charge is 0.494 e. The highest BCUT2D eigenvalue weighted by Gasteiger charge is 2.11. The van der Waals surface area contributed by atoms with E-state index in [9.17, 15) is 4.79 Å². The van der Waals surface area contributed by atoms with E-state index in [4.69, 9.17) is 4.74 Å². The quantitative estimate of drug-likeness (QED) is 0.311. The smallest absolute Gasteiger partial charge is 0.250 e. The van der Waals surface area contributed by atoms with Gasteiger partial charge >= 0.3 is 0 Å². The number of carbonyl (C=O) groups excluding carboxylic acids is 1. The molecule has 1 N–H and O–H groups in total. The van der Waals surface area contributed by atoms with E-state index in [1.54, 1.807) is 6.21 Å². The van der Waals surface area contributed by atoms with Crippen molar-refractivity contribution in [2.24, 2.45) is 5.10 Å². The fourth-order valence-electron chi connectivity index (χ4n) is 2.68. The van der Waals surface area contributed by atoms with Crippen molar-refractivity contribution in [2.45, 2.75) is 52.6 Å². The lowest BCUT2D eigenvalue weighted by atomic mass is 9.97. The Labute approximate surface area is 171 Å². The molecule has 0 saturated heterocycles. The number of benzene rings is 1. The predicted octanol–water partition coefficient (Wildman–Crippen LogP) is 4.17. The first-order valence-corrected chi connectivity index (χ1v) is 10.3. The normalized spacial score (nSPS) is 11.2. The van der Waals surface area contributed by atoms with Crippen LogP contribution in [0.4, 0.5) is 0 Å². The molecule has 1 aromatic carbocycles. The third kappa shape index (κ3) is 6.34. The zero-order chi connectivity index (χ0) is 20.7. The van der Waals surface area contributed by atoms with Crippen LogP contribution in [0.5, 0.6) is 5.75 Å². The van der Waals surface area contributed by atoms with E-state index in [-0.39, 0.29) is 11.7 Å². The Morgan fingerprint density at radius 3 is 2.50 bits per heavy atom. The summed E-state index contributed by atoms with van der Waals surface area (Å²) in [4.78, 5) is 20.7. The molecule has 0 radical (unpaired) electrons. The number of aromatic nitrogens is 2. The number of rotatable bonds is 8. The fourth-order valence-corrected chi connectivity index (χ4v) is 3.42. The number of nitrogens with one attached hydrogen (secondary N) is 1. The van der Waals surface area contributed by atoms with Gasteiger partial charge in [0.05, 0.1) is 18.6 Å². The summed E-state index contributed by atoms with van der Waals surface area (Å²) in [6.07, 6.45) is 1.67. The molecule has 0 aliphatic heterocycles. The van der Waals surface area contributed by atoms with E-state index in [0.717, 1.165) is 33.8 Å². The molecule has 6 nitrogen and oxygen atoms in total. The van der Waals surface area contributed by atoms with Crippen molar-refractivity contribution in [3.63, 3.8) is 0 Å². The van der Waals surface area contributed by atoms with Gasteiger partial charge < -0.3 is 4.74 Å². The number of ether oxygens (including phenoxy) is 1. The lowest BCUT2D eigenvalue weighted by molar-refractivity contribution is -0.118. The maximum atomic E-state index is 12.1. The molecule has 0 unspecified atom stereocenters. The van der Waals surface area contributed by atoms with Crippen molar-refractivity contribution in [1.29, 1.82) is 0 Å². The summed E-state index contributed by atoms with van der Waals surface area (Å²) in [6.45, 7) is 12.7. The third-order valence-electron chi connectivity index (χ3n) is 4.01. The number of hydrogen-bond acceptors (Lipinski definition) is 6. The zero-order valence-corrected chi connectivity index (χ0v) is 18.2. The van der Waals surface area contributed by atoms with Crippen molar-refractivity contribution in [2.75, 3.05) is 12.4 Å². The SMILES string of the molecule is CCOc1cc(C)c(/C=N\NC(=O)CSc2nc(C)cc(C)n2)cc1C(C)C. The number of thioether (sulfide) groups is 1. The van der Waals surface area contributed by atoms with Crippen LogP contribution in [0.15, 0.2) is 28.5 Å². The summed E-state index contributed by atoms with van der Waals surface area (Å²) in [5.41, 5.74) is 7.48. The number of hydrazone groups is 1. The molecule has 1 amide bonds. The Morgan fingerprint density at radius 1 is 1.21 bits per heavy atom. The van der Waals surface area contributed by atoms with E-state index in [1.807, 2.05) is 39.8 Å². The van der Waals surface area contributed by atoms with Crippen LogP contribution in [-0.4, -0.2) is 34.4 Å². The van der Waals surface area contributed by atoms with Gasteiger partial charge in [-0.1, -0.05) is 25.6 Å². The average Bonchev–Trinajstić information content (AvgIpc) is 2.61. The second kappa shape index (κ2) is 10.2. The Bertz CT molecular complexity index is 845. The van der Waals surface area contributed by atoms with E-state index in [1.165, 1.54) is 11.8 Å². The summed E-state index contributed by atoms with van der Waals surface area (Å²) >= 11 is 1.30. The van der Waals surface area contributed by atoms with Gasteiger partial charge in [-0.2, -0.15) is 5.10 Å². The minimum Gasteiger partial charge on any atom is -0.494 e. The van der Waals surface area contributed by atoms with Crippen LogP contribution in [0, 0.1) is 20.8 Å². The van der Waals surface area contributed by atoms with Crippen molar-refractivity contribution in [3.05, 3.63) is 46.3 Å². The molecule has 0 saturated carbocycles. The Balaban J connectivity index is 1.99. The maximum absolute atomic E-state index is 12.1. The molecule has 7 heteroatoms. The second-order valence-electron chi connectivity index (χ2n) is 6.85. The first kappa shape index (κ1) is 21.9. The number of hydrogen-bond donors (Lipinski definition) is 1. The molecule has 0 fully saturated rings. The van der Waals surface area contributed by atoms with E-state index in [0.29, 0.717) is 17.7 Å². The van der Waals surface area contributed by atoms with Crippen molar-refractivity contribution in [3.8, 4) is 5.75 Å². The third-order valence-corrected chi connectivity index (χ3v) is 4.85. The molecule has 1 heterocycles. The number of nitrogens with zero attached hydrogens (tertiary/aromatic N) is 3. The molecule has 2 aromatic rings. The van der Waals surface area contributed by atoms with Gasteiger partial charge in [-0.3, -0.25) is 4.79 Å². The lowest BCUT2D eigenvalue weighted by Gasteiger charge is -2.15. The zero-order valence-electron chi connectivity index (χ0n) is 17.4. The van der Waals surface area contributed by atoms with Crippen molar-refractivity contribution >= 4 is 23.9 Å². The van der Waals surface area contributed by atoms with Gasteiger partial charge in [-0.05, 0) is 68.5 Å². The molecule has 0 bridgehead atoms. The number of carbonyl (C=O) groups is 1.